The number of rotatable bonds is 10. The summed E-state index contributed by atoms with van der Waals surface area (Å²) in [5.41, 5.74) is -0.613. The second kappa shape index (κ2) is 10.3. The third kappa shape index (κ3) is 5.52. The first-order chi connectivity index (χ1) is 15.2. The fourth-order valence-corrected chi connectivity index (χ4v) is 5.80. The first-order valence-electron chi connectivity index (χ1n) is 9.68. The van der Waals surface area contributed by atoms with Crippen molar-refractivity contribution in [3.05, 3.63) is 57.8 Å². The average molecular weight is 502 g/mol. The van der Waals surface area contributed by atoms with Gasteiger partial charge in [0.1, 0.15) is 22.5 Å². The number of hydrogen-bond acceptors (Lipinski definition) is 6. The Morgan fingerprint density at radius 1 is 1.25 bits per heavy atom. The lowest BCUT2D eigenvalue weighted by Gasteiger charge is -2.49. The summed E-state index contributed by atoms with van der Waals surface area (Å²) in [7, 11) is -2.23. The number of benzene rings is 2. The molecule has 3 rings (SSSR count). The number of nitrogens with zero attached hydrogens (tertiary/aromatic N) is 2. The zero-order chi connectivity index (χ0) is 23.4. The summed E-state index contributed by atoms with van der Waals surface area (Å²) < 4.78 is 52.1. The summed E-state index contributed by atoms with van der Waals surface area (Å²) in [6, 6.07) is 10.00. The Kier molecular flexibility index (Phi) is 7.98. The van der Waals surface area contributed by atoms with Crippen LogP contribution in [-0.2, 0) is 14.8 Å². The Hall–Kier alpha value is -1.93. The highest BCUT2D eigenvalue weighted by molar-refractivity contribution is 7.89. The van der Waals surface area contributed by atoms with Crippen LogP contribution in [-0.4, -0.2) is 59.2 Å². The molecule has 1 aliphatic heterocycles. The van der Waals surface area contributed by atoms with E-state index in [1.54, 1.807) is 13.2 Å². The van der Waals surface area contributed by atoms with Gasteiger partial charge in [0.25, 0.3) is 0 Å². The minimum atomic E-state index is -3.82. The summed E-state index contributed by atoms with van der Waals surface area (Å²) in [6.45, 7) is 2.08. The highest BCUT2D eigenvalue weighted by Crippen LogP contribution is 2.37. The molecule has 0 spiro atoms. The molecule has 2 aromatic rings. The van der Waals surface area contributed by atoms with Crippen molar-refractivity contribution >= 4 is 33.2 Å². The average Bonchev–Trinajstić information content (AvgIpc) is 2.71. The summed E-state index contributed by atoms with van der Waals surface area (Å²) in [5, 5.41) is 12.5. The highest BCUT2D eigenvalue weighted by Gasteiger charge is 2.49. The second-order valence-corrected chi connectivity index (χ2v) is 10.3. The minimum Gasteiger partial charge on any atom is -0.493 e. The van der Waals surface area contributed by atoms with E-state index in [1.807, 2.05) is 0 Å². The van der Waals surface area contributed by atoms with Crippen LogP contribution in [0.1, 0.15) is 5.56 Å². The van der Waals surface area contributed by atoms with Crippen molar-refractivity contribution in [2.24, 2.45) is 5.41 Å². The smallest absolute Gasteiger partial charge is 0.244 e. The Balaban J connectivity index is 1.73. The molecular weight excluding hydrogens is 480 g/mol. The summed E-state index contributed by atoms with van der Waals surface area (Å²) in [5.74, 6) is -0.410. The summed E-state index contributed by atoms with van der Waals surface area (Å²) in [4.78, 5) is -0.0143. The van der Waals surface area contributed by atoms with Gasteiger partial charge in [-0.1, -0.05) is 23.2 Å². The highest BCUT2D eigenvalue weighted by atomic mass is 35.5. The quantitative estimate of drug-likeness (QED) is 0.502. The van der Waals surface area contributed by atoms with Crippen LogP contribution in [0.2, 0.25) is 10.0 Å². The van der Waals surface area contributed by atoms with E-state index in [9.17, 15) is 12.8 Å². The van der Waals surface area contributed by atoms with Crippen molar-refractivity contribution in [1.29, 1.82) is 5.26 Å². The number of sulfonamides is 1. The molecule has 1 heterocycles. The van der Waals surface area contributed by atoms with E-state index in [1.165, 1.54) is 34.6 Å². The molecule has 1 fully saturated rings. The molecule has 0 radical (unpaired) electrons. The van der Waals surface area contributed by atoms with Crippen molar-refractivity contribution in [3.63, 3.8) is 0 Å². The molecule has 1 N–H and O–H groups in total. The molecule has 11 heteroatoms. The molecule has 0 saturated carbocycles. The third-order valence-corrected chi connectivity index (χ3v) is 7.63. The van der Waals surface area contributed by atoms with Crippen molar-refractivity contribution in [2.75, 3.05) is 46.5 Å². The Bertz CT molecular complexity index is 1120. The topological polar surface area (TPSA) is 91.7 Å². The maximum absolute atomic E-state index is 13.9. The SMILES string of the molecule is COCCNCC1(COc2ccc(C#N)c(F)c2)CN(S(=O)(=O)c2ccc(Cl)cc2Cl)C1. The number of halogens is 3. The molecule has 172 valence electrons. The standard InChI is InChI=1S/C21H22Cl2FN3O4S/c1-30-7-6-26-11-21(14-31-17-4-2-15(10-25)19(24)9-17)12-27(13-21)32(28,29)20-5-3-16(22)8-18(20)23/h2-5,8-9,26H,6-7,11-14H2,1H3. The van der Waals surface area contributed by atoms with Gasteiger partial charge < -0.3 is 14.8 Å². The lowest BCUT2D eigenvalue weighted by molar-refractivity contribution is 0.0182. The van der Waals surface area contributed by atoms with E-state index in [-0.39, 0.29) is 40.9 Å². The number of ether oxygens (including phenoxy) is 2. The van der Waals surface area contributed by atoms with Crippen LogP contribution in [0.4, 0.5) is 4.39 Å². The fourth-order valence-electron chi connectivity index (χ4n) is 3.39. The summed E-state index contributed by atoms with van der Waals surface area (Å²) in [6.07, 6.45) is 0. The molecule has 32 heavy (non-hydrogen) atoms. The fraction of sp³-hybridized carbons (Fsp3) is 0.381. The van der Waals surface area contributed by atoms with Gasteiger partial charge >= 0.3 is 0 Å². The molecular formula is C21H22Cl2FN3O4S. The van der Waals surface area contributed by atoms with Gasteiger partial charge in [0, 0.05) is 49.8 Å². The first-order valence-corrected chi connectivity index (χ1v) is 11.9. The minimum absolute atomic E-state index is 0.0143. The van der Waals surface area contributed by atoms with E-state index in [4.69, 9.17) is 37.9 Å². The predicted octanol–water partition coefficient (Wildman–Crippen LogP) is 3.31. The molecule has 0 amide bonds. The van der Waals surface area contributed by atoms with Gasteiger partial charge in [0.05, 0.1) is 23.8 Å². The van der Waals surface area contributed by atoms with Crippen molar-refractivity contribution < 1.29 is 22.3 Å². The molecule has 0 aromatic heterocycles. The van der Waals surface area contributed by atoms with Crippen LogP contribution in [0, 0.1) is 22.6 Å². The normalized spacial score (nSPS) is 15.7. The van der Waals surface area contributed by atoms with E-state index < -0.39 is 21.3 Å². The number of methoxy groups -OCH3 is 1. The predicted molar refractivity (Wildman–Crippen MR) is 119 cm³/mol. The zero-order valence-electron chi connectivity index (χ0n) is 17.3. The molecule has 1 saturated heterocycles. The van der Waals surface area contributed by atoms with Gasteiger partial charge in [-0.15, -0.1) is 0 Å². The largest absolute Gasteiger partial charge is 0.493 e. The zero-order valence-corrected chi connectivity index (χ0v) is 19.6. The van der Waals surface area contributed by atoms with Crippen LogP contribution in [0.5, 0.6) is 5.75 Å². The van der Waals surface area contributed by atoms with E-state index in [2.05, 4.69) is 5.32 Å². The maximum atomic E-state index is 13.9. The van der Waals surface area contributed by atoms with Gasteiger partial charge in [-0.3, -0.25) is 0 Å². The second-order valence-electron chi connectivity index (χ2n) is 7.56. The van der Waals surface area contributed by atoms with Crippen LogP contribution in [0.25, 0.3) is 0 Å². The van der Waals surface area contributed by atoms with Crippen LogP contribution in [0.3, 0.4) is 0 Å². The molecule has 0 unspecified atom stereocenters. The van der Waals surface area contributed by atoms with Crippen molar-refractivity contribution in [1.82, 2.24) is 9.62 Å². The van der Waals surface area contributed by atoms with E-state index in [0.717, 1.165) is 6.07 Å². The van der Waals surface area contributed by atoms with Gasteiger partial charge in [0.15, 0.2) is 0 Å². The first kappa shape index (κ1) is 24.7. The van der Waals surface area contributed by atoms with E-state index in [0.29, 0.717) is 24.7 Å². The van der Waals surface area contributed by atoms with Gasteiger partial charge in [-0.25, -0.2) is 12.8 Å². The Labute approximate surface area is 196 Å². The number of nitrogens with one attached hydrogen (secondary N) is 1. The lowest BCUT2D eigenvalue weighted by atomic mass is 9.82. The number of hydrogen-bond donors (Lipinski definition) is 1. The summed E-state index contributed by atoms with van der Waals surface area (Å²) >= 11 is 12.0. The van der Waals surface area contributed by atoms with Crippen molar-refractivity contribution in [3.8, 4) is 11.8 Å². The third-order valence-electron chi connectivity index (χ3n) is 5.12. The van der Waals surface area contributed by atoms with Crippen LogP contribution >= 0.6 is 23.2 Å². The molecule has 7 nitrogen and oxygen atoms in total. The van der Waals surface area contributed by atoms with Crippen LogP contribution in [0.15, 0.2) is 41.3 Å². The monoisotopic (exact) mass is 501 g/mol. The maximum Gasteiger partial charge on any atom is 0.244 e. The Morgan fingerprint density at radius 2 is 2.00 bits per heavy atom. The van der Waals surface area contributed by atoms with Gasteiger partial charge in [-0.2, -0.15) is 9.57 Å². The molecule has 0 bridgehead atoms. The van der Waals surface area contributed by atoms with Crippen molar-refractivity contribution in [2.45, 2.75) is 4.90 Å². The lowest BCUT2D eigenvalue weighted by Crippen LogP contribution is -2.64. The molecule has 0 atom stereocenters. The molecule has 1 aliphatic rings. The Morgan fingerprint density at radius 3 is 2.62 bits per heavy atom. The van der Waals surface area contributed by atoms with E-state index >= 15 is 0 Å². The molecule has 2 aromatic carbocycles. The van der Waals surface area contributed by atoms with Crippen LogP contribution < -0.4 is 10.1 Å². The van der Waals surface area contributed by atoms with Gasteiger partial charge in [-0.05, 0) is 30.3 Å². The molecule has 0 aliphatic carbocycles. The number of nitriles is 1. The van der Waals surface area contributed by atoms with Gasteiger partial charge in [0.2, 0.25) is 10.0 Å².